The molecular formula is C17H22Cl2N4O3. The Morgan fingerprint density at radius 3 is 2.96 bits per heavy atom. The van der Waals surface area contributed by atoms with Gasteiger partial charge in [0.1, 0.15) is 0 Å². The first kappa shape index (κ1) is 20.4. The summed E-state index contributed by atoms with van der Waals surface area (Å²) in [4.78, 5) is 12.4. The molecule has 0 bridgehead atoms. The number of hydrogen-bond donors (Lipinski definition) is 3. The standard InChI is InChI=1S/C17H21ClN4O3.ClH/c1-3-25-16-12(18)6-10(7-14(16)24-2)8-20-17(23)15-11-9-19-5-4-13(11)21-22-15;/h6-7,19H,3-5,8-9H2,1-2H3,(H,20,23)(H,21,22);1H. The minimum Gasteiger partial charge on any atom is -0.493 e. The van der Waals surface area contributed by atoms with Gasteiger partial charge in [-0.1, -0.05) is 11.6 Å². The van der Waals surface area contributed by atoms with E-state index in [4.69, 9.17) is 21.1 Å². The summed E-state index contributed by atoms with van der Waals surface area (Å²) in [5, 5.41) is 13.7. The monoisotopic (exact) mass is 400 g/mol. The Kier molecular flexibility index (Phi) is 7.14. The zero-order valence-corrected chi connectivity index (χ0v) is 16.2. The number of amides is 1. The van der Waals surface area contributed by atoms with Crippen LogP contribution >= 0.6 is 24.0 Å². The highest BCUT2D eigenvalue weighted by atomic mass is 35.5. The molecule has 9 heteroatoms. The molecule has 0 spiro atoms. The fourth-order valence-electron chi connectivity index (χ4n) is 2.84. The Balaban J connectivity index is 0.00000243. The van der Waals surface area contributed by atoms with Crippen LogP contribution in [-0.2, 0) is 19.5 Å². The van der Waals surface area contributed by atoms with Gasteiger partial charge in [0.25, 0.3) is 5.91 Å². The number of benzene rings is 1. The van der Waals surface area contributed by atoms with Crippen molar-refractivity contribution < 1.29 is 14.3 Å². The zero-order chi connectivity index (χ0) is 17.8. The molecule has 1 aliphatic heterocycles. The van der Waals surface area contributed by atoms with E-state index in [9.17, 15) is 4.79 Å². The number of aromatic nitrogens is 2. The third-order valence-corrected chi connectivity index (χ3v) is 4.33. The number of carbonyl (C=O) groups is 1. The third kappa shape index (κ3) is 4.23. The van der Waals surface area contributed by atoms with Crippen molar-refractivity contribution in [3.05, 3.63) is 39.7 Å². The second-order valence-electron chi connectivity index (χ2n) is 5.68. The molecule has 0 aliphatic carbocycles. The molecule has 0 saturated carbocycles. The van der Waals surface area contributed by atoms with Gasteiger partial charge < -0.3 is 20.1 Å². The molecule has 3 rings (SSSR count). The molecule has 142 valence electrons. The summed E-state index contributed by atoms with van der Waals surface area (Å²) in [5.74, 6) is 0.833. The smallest absolute Gasteiger partial charge is 0.272 e. The maximum Gasteiger partial charge on any atom is 0.272 e. The number of rotatable bonds is 6. The number of halogens is 2. The first-order valence-corrected chi connectivity index (χ1v) is 8.56. The van der Waals surface area contributed by atoms with Gasteiger partial charge >= 0.3 is 0 Å². The molecule has 1 aromatic heterocycles. The predicted molar refractivity (Wildman–Crippen MR) is 102 cm³/mol. The van der Waals surface area contributed by atoms with Gasteiger partial charge in [0, 0.05) is 37.3 Å². The van der Waals surface area contributed by atoms with E-state index in [-0.39, 0.29) is 18.3 Å². The molecule has 1 aliphatic rings. The molecule has 0 radical (unpaired) electrons. The fraction of sp³-hybridized carbons (Fsp3) is 0.412. The molecule has 0 fully saturated rings. The van der Waals surface area contributed by atoms with Crippen molar-refractivity contribution in [1.29, 1.82) is 0 Å². The summed E-state index contributed by atoms with van der Waals surface area (Å²) in [5.41, 5.74) is 3.22. The van der Waals surface area contributed by atoms with E-state index < -0.39 is 0 Å². The van der Waals surface area contributed by atoms with E-state index in [0.717, 1.165) is 29.8 Å². The lowest BCUT2D eigenvalue weighted by molar-refractivity contribution is 0.0944. The number of methoxy groups -OCH3 is 1. The van der Waals surface area contributed by atoms with E-state index in [1.165, 1.54) is 0 Å². The van der Waals surface area contributed by atoms with Gasteiger partial charge in [-0.25, -0.2) is 0 Å². The maximum atomic E-state index is 12.4. The predicted octanol–water partition coefficient (Wildman–Crippen LogP) is 2.47. The molecule has 26 heavy (non-hydrogen) atoms. The van der Waals surface area contributed by atoms with Crippen LogP contribution in [0.25, 0.3) is 0 Å². The van der Waals surface area contributed by atoms with Gasteiger partial charge in [0.05, 0.1) is 18.7 Å². The van der Waals surface area contributed by atoms with E-state index in [0.29, 0.717) is 41.9 Å². The van der Waals surface area contributed by atoms with Crippen LogP contribution in [0.3, 0.4) is 0 Å². The highest BCUT2D eigenvalue weighted by Gasteiger charge is 2.21. The third-order valence-electron chi connectivity index (χ3n) is 4.05. The summed E-state index contributed by atoms with van der Waals surface area (Å²) >= 11 is 6.26. The average Bonchev–Trinajstić information content (AvgIpc) is 3.05. The lowest BCUT2D eigenvalue weighted by atomic mass is 10.1. The van der Waals surface area contributed by atoms with Crippen LogP contribution in [0.4, 0.5) is 0 Å². The minimum absolute atomic E-state index is 0. The van der Waals surface area contributed by atoms with Crippen molar-refractivity contribution in [3.8, 4) is 11.5 Å². The Bertz CT molecular complexity index is 780. The Morgan fingerprint density at radius 1 is 1.42 bits per heavy atom. The average molecular weight is 401 g/mol. The summed E-state index contributed by atoms with van der Waals surface area (Å²) in [6.45, 7) is 4.22. The van der Waals surface area contributed by atoms with Crippen LogP contribution in [0.5, 0.6) is 11.5 Å². The molecule has 0 atom stereocenters. The topological polar surface area (TPSA) is 88.3 Å². The number of aromatic amines is 1. The fourth-order valence-corrected chi connectivity index (χ4v) is 3.13. The van der Waals surface area contributed by atoms with E-state index in [1.54, 1.807) is 19.2 Å². The number of nitrogens with one attached hydrogen (secondary N) is 3. The molecule has 7 nitrogen and oxygen atoms in total. The van der Waals surface area contributed by atoms with Crippen molar-refractivity contribution in [2.24, 2.45) is 0 Å². The number of ether oxygens (including phenoxy) is 2. The van der Waals surface area contributed by atoms with Crippen molar-refractivity contribution in [1.82, 2.24) is 20.8 Å². The van der Waals surface area contributed by atoms with Gasteiger partial charge in [0.2, 0.25) is 0 Å². The molecule has 2 heterocycles. The van der Waals surface area contributed by atoms with Gasteiger partial charge in [-0.3, -0.25) is 9.89 Å². The van der Waals surface area contributed by atoms with E-state index in [1.807, 2.05) is 6.92 Å². The van der Waals surface area contributed by atoms with Crippen LogP contribution in [-0.4, -0.2) is 36.4 Å². The first-order valence-electron chi connectivity index (χ1n) is 8.18. The lowest BCUT2D eigenvalue weighted by Crippen LogP contribution is -2.28. The summed E-state index contributed by atoms with van der Waals surface area (Å²) in [6, 6.07) is 3.57. The van der Waals surface area contributed by atoms with Crippen molar-refractivity contribution in [3.63, 3.8) is 0 Å². The number of carbonyl (C=O) groups excluding carboxylic acids is 1. The van der Waals surface area contributed by atoms with Crippen molar-refractivity contribution in [2.45, 2.75) is 26.4 Å². The van der Waals surface area contributed by atoms with Crippen molar-refractivity contribution >= 4 is 29.9 Å². The van der Waals surface area contributed by atoms with Crippen LogP contribution < -0.4 is 20.1 Å². The van der Waals surface area contributed by atoms with E-state index >= 15 is 0 Å². The molecule has 1 aromatic carbocycles. The summed E-state index contributed by atoms with van der Waals surface area (Å²) < 4.78 is 10.8. The molecule has 3 N–H and O–H groups in total. The minimum atomic E-state index is -0.217. The van der Waals surface area contributed by atoms with Gasteiger partial charge in [-0.2, -0.15) is 5.10 Å². The Labute approximate surface area is 163 Å². The zero-order valence-electron chi connectivity index (χ0n) is 14.6. The molecule has 2 aromatic rings. The highest BCUT2D eigenvalue weighted by molar-refractivity contribution is 6.32. The SMILES string of the molecule is CCOc1c(Cl)cc(CNC(=O)c2n[nH]c3c2CNCC3)cc1OC.Cl. The van der Waals surface area contributed by atoms with Crippen LogP contribution in [0, 0.1) is 0 Å². The van der Waals surface area contributed by atoms with Gasteiger partial charge in [-0.05, 0) is 24.6 Å². The Hall–Kier alpha value is -1.96. The normalized spacial score (nSPS) is 12.7. The number of nitrogens with zero attached hydrogens (tertiary/aromatic N) is 1. The largest absolute Gasteiger partial charge is 0.493 e. The maximum absolute atomic E-state index is 12.4. The Morgan fingerprint density at radius 2 is 2.23 bits per heavy atom. The van der Waals surface area contributed by atoms with Crippen LogP contribution in [0.15, 0.2) is 12.1 Å². The summed E-state index contributed by atoms with van der Waals surface area (Å²) in [7, 11) is 1.56. The number of H-pyrrole nitrogens is 1. The molecule has 1 amide bonds. The molecular weight excluding hydrogens is 379 g/mol. The first-order chi connectivity index (χ1) is 12.1. The van der Waals surface area contributed by atoms with Gasteiger partial charge in [0.15, 0.2) is 17.2 Å². The van der Waals surface area contributed by atoms with Crippen molar-refractivity contribution in [2.75, 3.05) is 20.3 Å². The number of fused-ring (bicyclic) bond motifs is 1. The number of hydrogen-bond acceptors (Lipinski definition) is 5. The summed E-state index contributed by atoms with van der Waals surface area (Å²) in [6.07, 6.45) is 0.849. The quantitative estimate of drug-likeness (QED) is 0.692. The second-order valence-corrected chi connectivity index (χ2v) is 6.09. The van der Waals surface area contributed by atoms with Gasteiger partial charge in [-0.15, -0.1) is 12.4 Å². The van der Waals surface area contributed by atoms with E-state index in [2.05, 4.69) is 20.8 Å². The van der Waals surface area contributed by atoms with Crippen LogP contribution in [0.1, 0.15) is 34.2 Å². The second kappa shape index (κ2) is 9.12. The molecule has 0 saturated heterocycles. The highest BCUT2D eigenvalue weighted by Crippen LogP contribution is 2.36. The molecule has 0 unspecified atom stereocenters. The lowest BCUT2D eigenvalue weighted by Gasteiger charge is -2.14. The van der Waals surface area contributed by atoms with Crippen LogP contribution in [0.2, 0.25) is 5.02 Å².